The van der Waals surface area contributed by atoms with E-state index < -0.39 is 0 Å². The second-order valence-electron chi connectivity index (χ2n) is 5.54. The molecule has 0 bridgehead atoms. The topological polar surface area (TPSA) is 32.3 Å². The van der Waals surface area contributed by atoms with Crippen LogP contribution in [0.3, 0.4) is 0 Å². The van der Waals surface area contributed by atoms with Crippen molar-refractivity contribution in [2.75, 3.05) is 13.2 Å². The SMILES string of the molecule is OCC1(CNCc2cccc(Cl)c2F)CCCCC1. The number of hydrogen-bond acceptors (Lipinski definition) is 2. The Morgan fingerprint density at radius 2 is 2.00 bits per heavy atom. The third-order valence-corrected chi connectivity index (χ3v) is 4.39. The molecule has 1 aromatic carbocycles. The fourth-order valence-electron chi connectivity index (χ4n) is 2.84. The van der Waals surface area contributed by atoms with Crippen molar-refractivity contribution in [1.29, 1.82) is 0 Å². The molecule has 0 spiro atoms. The van der Waals surface area contributed by atoms with E-state index in [0.717, 1.165) is 19.4 Å². The standard InChI is InChI=1S/C15H21ClFNO/c16-13-6-4-5-12(14(13)17)9-18-10-15(11-19)7-2-1-3-8-15/h4-6,18-19H,1-3,7-11H2. The Labute approximate surface area is 119 Å². The van der Waals surface area contributed by atoms with Crippen molar-refractivity contribution in [3.8, 4) is 0 Å². The van der Waals surface area contributed by atoms with Crippen LogP contribution in [0.4, 0.5) is 4.39 Å². The van der Waals surface area contributed by atoms with Crippen molar-refractivity contribution < 1.29 is 9.50 Å². The van der Waals surface area contributed by atoms with Gasteiger partial charge in [-0.05, 0) is 18.9 Å². The van der Waals surface area contributed by atoms with Gasteiger partial charge in [-0.2, -0.15) is 0 Å². The molecule has 1 aliphatic rings. The van der Waals surface area contributed by atoms with E-state index in [9.17, 15) is 9.50 Å². The van der Waals surface area contributed by atoms with Gasteiger partial charge in [0, 0.05) is 30.7 Å². The molecule has 0 amide bonds. The van der Waals surface area contributed by atoms with Crippen LogP contribution in [0.15, 0.2) is 18.2 Å². The van der Waals surface area contributed by atoms with Crippen molar-refractivity contribution in [3.63, 3.8) is 0 Å². The van der Waals surface area contributed by atoms with Crippen molar-refractivity contribution >= 4 is 11.6 Å². The van der Waals surface area contributed by atoms with Gasteiger partial charge in [-0.1, -0.05) is 43.0 Å². The van der Waals surface area contributed by atoms with E-state index in [1.165, 1.54) is 19.3 Å². The zero-order valence-electron chi connectivity index (χ0n) is 11.1. The average molecular weight is 286 g/mol. The molecule has 2 nitrogen and oxygen atoms in total. The molecule has 2 N–H and O–H groups in total. The maximum atomic E-state index is 13.7. The Hall–Kier alpha value is -0.640. The quantitative estimate of drug-likeness (QED) is 0.868. The van der Waals surface area contributed by atoms with Crippen LogP contribution in [0, 0.1) is 11.2 Å². The lowest BCUT2D eigenvalue weighted by Gasteiger charge is -2.35. The molecule has 1 saturated carbocycles. The summed E-state index contributed by atoms with van der Waals surface area (Å²) in [7, 11) is 0. The Morgan fingerprint density at radius 3 is 2.68 bits per heavy atom. The molecule has 0 saturated heterocycles. The van der Waals surface area contributed by atoms with Gasteiger partial charge in [0.25, 0.3) is 0 Å². The smallest absolute Gasteiger partial charge is 0.146 e. The highest BCUT2D eigenvalue weighted by Crippen LogP contribution is 2.35. The summed E-state index contributed by atoms with van der Waals surface area (Å²) in [5.74, 6) is -0.349. The monoisotopic (exact) mass is 285 g/mol. The first-order valence-electron chi connectivity index (χ1n) is 6.91. The lowest BCUT2D eigenvalue weighted by Crippen LogP contribution is -2.38. The average Bonchev–Trinajstić information content (AvgIpc) is 2.44. The maximum absolute atomic E-state index is 13.7. The molecule has 0 unspecified atom stereocenters. The van der Waals surface area contributed by atoms with Crippen molar-refractivity contribution in [2.24, 2.45) is 5.41 Å². The summed E-state index contributed by atoms with van der Waals surface area (Å²) >= 11 is 5.75. The van der Waals surface area contributed by atoms with Crippen LogP contribution in [0.1, 0.15) is 37.7 Å². The molecule has 0 heterocycles. The molecule has 19 heavy (non-hydrogen) atoms. The molecule has 1 aromatic rings. The van der Waals surface area contributed by atoms with Crippen LogP contribution in [-0.2, 0) is 6.54 Å². The highest BCUT2D eigenvalue weighted by Gasteiger charge is 2.30. The van der Waals surface area contributed by atoms with Crippen LogP contribution in [0.25, 0.3) is 0 Å². The highest BCUT2D eigenvalue weighted by molar-refractivity contribution is 6.30. The summed E-state index contributed by atoms with van der Waals surface area (Å²) < 4.78 is 13.7. The highest BCUT2D eigenvalue weighted by atomic mass is 35.5. The van der Waals surface area contributed by atoms with Crippen molar-refractivity contribution in [2.45, 2.75) is 38.6 Å². The van der Waals surface area contributed by atoms with Gasteiger partial charge in [-0.3, -0.25) is 0 Å². The second kappa shape index (κ2) is 6.69. The Kier molecular flexibility index (Phi) is 5.20. The van der Waals surface area contributed by atoms with Crippen molar-refractivity contribution in [1.82, 2.24) is 5.32 Å². The zero-order valence-corrected chi connectivity index (χ0v) is 11.8. The third-order valence-electron chi connectivity index (χ3n) is 4.10. The number of nitrogens with one attached hydrogen (secondary N) is 1. The first-order chi connectivity index (χ1) is 9.17. The summed E-state index contributed by atoms with van der Waals surface area (Å²) in [4.78, 5) is 0. The van der Waals surface area contributed by atoms with Gasteiger partial charge in [-0.25, -0.2) is 4.39 Å². The fraction of sp³-hybridized carbons (Fsp3) is 0.600. The molecule has 1 aliphatic carbocycles. The van der Waals surface area contributed by atoms with Crippen molar-refractivity contribution in [3.05, 3.63) is 34.6 Å². The van der Waals surface area contributed by atoms with Gasteiger partial charge in [-0.15, -0.1) is 0 Å². The minimum atomic E-state index is -0.349. The molecule has 0 atom stereocenters. The van der Waals surface area contributed by atoms with Crippen LogP contribution in [-0.4, -0.2) is 18.3 Å². The van der Waals surface area contributed by atoms with Gasteiger partial charge in [0.05, 0.1) is 5.02 Å². The molecule has 106 valence electrons. The lowest BCUT2D eigenvalue weighted by atomic mass is 9.74. The van der Waals surface area contributed by atoms with Gasteiger partial charge in [0.15, 0.2) is 0 Å². The first kappa shape index (κ1) is 14.8. The molecule has 4 heteroatoms. The van der Waals surface area contributed by atoms with Gasteiger partial charge >= 0.3 is 0 Å². The summed E-state index contributed by atoms with van der Waals surface area (Å²) in [5, 5.41) is 13.0. The number of aliphatic hydroxyl groups is 1. The van der Waals surface area contributed by atoms with Crippen LogP contribution < -0.4 is 5.32 Å². The number of rotatable bonds is 5. The summed E-state index contributed by atoms with van der Waals surface area (Å²) in [5.41, 5.74) is 0.559. The normalized spacial score (nSPS) is 18.5. The Balaban J connectivity index is 1.90. The van der Waals surface area contributed by atoms with Crippen LogP contribution >= 0.6 is 11.6 Å². The van der Waals surface area contributed by atoms with E-state index in [2.05, 4.69) is 5.32 Å². The Bertz CT molecular complexity index is 419. The largest absolute Gasteiger partial charge is 0.396 e. The number of aliphatic hydroxyl groups excluding tert-OH is 1. The van der Waals surface area contributed by atoms with Crippen LogP contribution in [0.5, 0.6) is 0 Å². The molecule has 0 radical (unpaired) electrons. The zero-order chi connectivity index (χ0) is 13.7. The predicted molar refractivity (Wildman–Crippen MR) is 75.7 cm³/mol. The molecule has 1 fully saturated rings. The minimum Gasteiger partial charge on any atom is -0.396 e. The molecular formula is C15H21ClFNO. The van der Waals surface area contributed by atoms with E-state index in [0.29, 0.717) is 12.1 Å². The Morgan fingerprint density at radius 1 is 1.26 bits per heavy atom. The van der Waals surface area contributed by atoms with Crippen LogP contribution in [0.2, 0.25) is 5.02 Å². The van der Waals surface area contributed by atoms with E-state index in [1.54, 1.807) is 18.2 Å². The molecule has 0 aliphatic heterocycles. The van der Waals surface area contributed by atoms with Gasteiger partial charge < -0.3 is 10.4 Å². The molecule has 2 rings (SSSR count). The minimum absolute atomic E-state index is 0.0205. The first-order valence-corrected chi connectivity index (χ1v) is 7.29. The summed E-state index contributed by atoms with van der Waals surface area (Å²) in [6, 6.07) is 5.04. The fourth-order valence-corrected chi connectivity index (χ4v) is 3.03. The summed E-state index contributed by atoms with van der Waals surface area (Å²) in [6.07, 6.45) is 5.70. The second-order valence-corrected chi connectivity index (χ2v) is 5.94. The van der Waals surface area contributed by atoms with E-state index >= 15 is 0 Å². The van der Waals surface area contributed by atoms with E-state index in [4.69, 9.17) is 11.6 Å². The summed E-state index contributed by atoms with van der Waals surface area (Å²) in [6.45, 7) is 1.39. The molecular weight excluding hydrogens is 265 g/mol. The number of halogens is 2. The van der Waals surface area contributed by atoms with Gasteiger partial charge in [0.1, 0.15) is 5.82 Å². The lowest BCUT2D eigenvalue weighted by molar-refractivity contribution is 0.0810. The number of benzene rings is 1. The predicted octanol–water partition coefficient (Wildman–Crippen LogP) is 3.51. The third kappa shape index (κ3) is 3.68. The van der Waals surface area contributed by atoms with E-state index in [-0.39, 0.29) is 22.9 Å². The van der Waals surface area contributed by atoms with E-state index in [1.807, 2.05) is 0 Å². The number of hydrogen-bond donors (Lipinski definition) is 2. The maximum Gasteiger partial charge on any atom is 0.146 e. The van der Waals surface area contributed by atoms with Gasteiger partial charge in [0.2, 0.25) is 0 Å². The molecule has 0 aromatic heterocycles.